The highest BCUT2D eigenvalue weighted by atomic mass is 19.1. The van der Waals surface area contributed by atoms with Crippen molar-refractivity contribution >= 4 is 0 Å². The third-order valence-electron chi connectivity index (χ3n) is 1.96. The largest absolute Gasteiger partial charge is 0.374 e. The molecule has 0 saturated carbocycles. The van der Waals surface area contributed by atoms with E-state index in [9.17, 15) is 4.39 Å². The summed E-state index contributed by atoms with van der Waals surface area (Å²) in [5.74, 6) is 5.18. The zero-order chi connectivity index (χ0) is 12.0. The lowest BCUT2D eigenvalue weighted by molar-refractivity contribution is 0.0639. The fraction of sp³-hybridized carbons (Fsp3) is 0.385. The maximum atomic E-state index is 13.5. The molecule has 3 heteroatoms. The molecule has 0 amide bonds. The van der Waals surface area contributed by atoms with Gasteiger partial charge in [-0.3, -0.25) is 0 Å². The summed E-state index contributed by atoms with van der Waals surface area (Å²) in [7, 11) is 0. The monoisotopic (exact) mass is 221 g/mol. The van der Waals surface area contributed by atoms with Crippen molar-refractivity contribution < 1.29 is 9.13 Å². The summed E-state index contributed by atoms with van der Waals surface area (Å²) in [5, 5.41) is 0. The van der Waals surface area contributed by atoms with Crippen LogP contribution >= 0.6 is 0 Å². The van der Waals surface area contributed by atoms with Crippen molar-refractivity contribution in [2.75, 3.05) is 6.54 Å². The van der Waals surface area contributed by atoms with Crippen LogP contribution in [0.15, 0.2) is 18.2 Å². The Kier molecular flexibility index (Phi) is 4.97. The topological polar surface area (TPSA) is 35.2 Å². The molecule has 0 aliphatic heterocycles. The minimum atomic E-state index is -0.288. The molecule has 1 aromatic carbocycles. The first kappa shape index (κ1) is 12.7. The zero-order valence-corrected chi connectivity index (χ0v) is 9.59. The number of halogens is 1. The van der Waals surface area contributed by atoms with E-state index < -0.39 is 0 Å². The molecule has 0 fully saturated rings. The van der Waals surface area contributed by atoms with Gasteiger partial charge in [0.1, 0.15) is 5.82 Å². The fourth-order valence-electron chi connectivity index (χ4n) is 1.15. The van der Waals surface area contributed by atoms with Gasteiger partial charge in [0, 0.05) is 11.1 Å². The van der Waals surface area contributed by atoms with E-state index in [1.54, 1.807) is 12.1 Å². The first-order chi connectivity index (χ1) is 7.63. The van der Waals surface area contributed by atoms with E-state index in [0.29, 0.717) is 11.1 Å². The first-order valence-electron chi connectivity index (χ1n) is 5.22. The van der Waals surface area contributed by atoms with Gasteiger partial charge in [-0.2, -0.15) is 0 Å². The number of rotatable bonds is 3. The molecule has 0 radical (unpaired) electrons. The maximum Gasteiger partial charge on any atom is 0.129 e. The average Bonchev–Trinajstić information content (AvgIpc) is 2.24. The first-order valence-corrected chi connectivity index (χ1v) is 5.22. The Morgan fingerprint density at radius 2 is 2.19 bits per heavy atom. The second kappa shape index (κ2) is 6.26. The lowest BCUT2D eigenvalue weighted by Gasteiger charge is -2.08. The van der Waals surface area contributed by atoms with Crippen LogP contribution in [-0.4, -0.2) is 12.6 Å². The Hall–Kier alpha value is -1.37. The normalized spacial score (nSPS) is 10.1. The van der Waals surface area contributed by atoms with Crippen molar-refractivity contribution in [1.82, 2.24) is 0 Å². The van der Waals surface area contributed by atoms with Gasteiger partial charge in [0.25, 0.3) is 0 Å². The molecule has 0 aromatic heterocycles. The van der Waals surface area contributed by atoms with Crippen LogP contribution in [0.1, 0.15) is 25.0 Å². The van der Waals surface area contributed by atoms with Gasteiger partial charge in [-0.25, -0.2) is 4.39 Å². The van der Waals surface area contributed by atoms with Crippen LogP contribution in [-0.2, 0) is 11.3 Å². The Bertz CT molecular complexity index is 404. The highest BCUT2D eigenvalue weighted by molar-refractivity contribution is 5.37. The lowest BCUT2D eigenvalue weighted by atomic mass is 10.1. The maximum absolute atomic E-state index is 13.5. The predicted octanol–water partition coefficient (Wildman–Crippen LogP) is 2.06. The third kappa shape index (κ3) is 4.01. The summed E-state index contributed by atoms with van der Waals surface area (Å²) < 4.78 is 18.9. The van der Waals surface area contributed by atoms with E-state index in [-0.39, 0.29) is 25.1 Å². The van der Waals surface area contributed by atoms with Crippen molar-refractivity contribution in [3.63, 3.8) is 0 Å². The molecule has 1 rings (SSSR count). The molecular weight excluding hydrogens is 205 g/mol. The zero-order valence-electron chi connectivity index (χ0n) is 9.59. The number of nitrogens with two attached hydrogens (primary N) is 1. The van der Waals surface area contributed by atoms with E-state index in [1.165, 1.54) is 6.07 Å². The molecule has 0 atom stereocenters. The van der Waals surface area contributed by atoms with Crippen LogP contribution < -0.4 is 5.73 Å². The number of ether oxygens (including phenoxy) is 1. The van der Waals surface area contributed by atoms with Crippen molar-refractivity contribution in [2.24, 2.45) is 5.73 Å². The summed E-state index contributed by atoms with van der Waals surface area (Å²) in [4.78, 5) is 0. The van der Waals surface area contributed by atoms with Gasteiger partial charge in [0.05, 0.1) is 19.3 Å². The molecule has 0 bridgehead atoms. The molecule has 0 heterocycles. The van der Waals surface area contributed by atoms with Gasteiger partial charge < -0.3 is 10.5 Å². The second-order valence-electron chi connectivity index (χ2n) is 3.67. The average molecular weight is 221 g/mol. The lowest BCUT2D eigenvalue weighted by Crippen LogP contribution is -2.03. The van der Waals surface area contributed by atoms with E-state index in [0.717, 1.165) is 0 Å². The Labute approximate surface area is 95.6 Å². The highest BCUT2D eigenvalue weighted by Gasteiger charge is 2.03. The summed E-state index contributed by atoms with van der Waals surface area (Å²) in [6.45, 7) is 4.39. The minimum Gasteiger partial charge on any atom is -0.374 e. The van der Waals surface area contributed by atoms with Gasteiger partial charge in [0.15, 0.2) is 0 Å². The van der Waals surface area contributed by atoms with Crippen molar-refractivity contribution in [3.05, 3.63) is 35.1 Å². The summed E-state index contributed by atoms with van der Waals surface area (Å²) in [6.07, 6.45) is 0.0936. The molecule has 1 aromatic rings. The number of hydrogen-bond donors (Lipinski definition) is 1. The number of benzene rings is 1. The molecule has 86 valence electrons. The molecule has 0 spiro atoms. The van der Waals surface area contributed by atoms with Crippen LogP contribution in [0.5, 0.6) is 0 Å². The van der Waals surface area contributed by atoms with E-state index >= 15 is 0 Å². The van der Waals surface area contributed by atoms with Crippen LogP contribution in [0, 0.1) is 17.7 Å². The quantitative estimate of drug-likeness (QED) is 0.793. The highest BCUT2D eigenvalue weighted by Crippen LogP contribution is 2.11. The van der Waals surface area contributed by atoms with Gasteiger partial charge in [-0.05, 0) is 26.0 Å². The SMILES string of the molecule is CC(C)OCc1ccc(C#CCN)cc1F. The third-order valence-corrected chi connectivity index (χ3v) is 1.96. The molecule has 0 unspecified atom stereocenters. The fourth-order valence-corrected chi connectivity index (χ4v) is 1.15. The molecule has 0 saturated heterocycles. The van der Waals surface area contributed by atoms with Gasteiger partial charge in [-0.15, -0.1) is 0 Å². The molecule has 2 nitrogen and oxygen atoms in total. The van der Waals surface area contributed by atoms with E-state index in [4.69, 9.17) is 10.5 Å². The van der Waals surface area contributed by atoms with Crippen LogP contribution in [0.2, 0.25) is 0 Å². The Morgan fingerprint density at radius 1 is 1.44 bits per heavy atom. The van der Waals surface area contributed by atoms with E-state index in [2.05, 4.69) is 11.8 Å². The van der Waals surface area contributed by atoms with Crippen molar-refractivity contribution in [2.45, 2.75) is 26.6 Å². The van der Waals surface area contributed by atoms with Crippen molar-refractivity contribution in [3.8, 4) is 11.8 Å². The van der Waals surface area contributed by atoms with Crippen LogP contribution in [0.3, 0.4) is 0 Å². The van der Waals surface area contributed by atoms with E-state index in [1.807, 2.05) is 13.8 Å². The molecule has 0 aliphatic rings. The summed E-state index contributed by atoms with van der Waals surface area (Å²) >= 11 is 0. The summed E-state index contributed by atoms with van der Waals surface area (Å²) in [6, 6.07) is 4.87. The molecule has 2 N–H and O–H groups in total. The van der Waals surface area contributed by atoms with Crippen LogP contribution in [0.4, 0.5) is 4.39 Å². The van der Waals surface area contributed by atoms with Gasteiger partial charge in [-0.1, -0.05) is 17.9 Å². The smallest absolute Gasteiger partial charge is 0.129 e. The van der Waals surface area contributed by atoms with Crippen LogP contribution in [0.25, 0.3) is 0 Å². The van der Waals surface area contributed by atoms with Gasteiger partial charge in [0.2, 0.25) is 0 Å². The minimum absolute atomic E-state index is 0.0936. The molecule has 0 aliphatic carbocycles. The Morgan fingerprint density at radius 3 is 2.75 bits per heavy atom. The summed E-state index contributed by atoms with van der Waals surface area (Å²) in [5.41, 5.74) is 6.42. The predicted molar refractivity (Wildman–Crippen MR) is 62.3 cm³/mol. The van der Waals surface area contributed by atoms with Crippen molar-refractivity contribution in [1.29, 1.82) is 0 Å². The number of hydrogen-bond acceptors (Lipinski definition) is 2. The standard InChI is InChI=1S/C13H16FNO/c1-10(2)16-9-12-6-5-11(4-3-7-15)8-13(12)14/h5-6,8,10H,7,9,15H2,1-2H3. The molecule has 16 heavy (non-hydrogen) atoms. The molecular formula is C13H16FNO. The Balaban J connectivity index is 2.75. The second-order valence-corrected chi connectivity index (χ2v) is 3.67. The van der Waals surface area contributed by atoms with Gasteiger partial charge >= 0.3 is 0 Å².